The first-order valence-corrected chi connectivity index (χ1v) is 2.75. The lowest BCUT2D eigenvalue weighted by Crippen LogP contribution is -2.32. The number of rotatable bonds is 0. The van der Waals surface area contributed by atoms with Crippen molar-refractivity contribution in [2.75, 3.05) is 0 Å². The van der Waals surface area contributed by atoms with Crippen molar-refractivity contribution >= 4 is 34.3 Å². The van der Waals surface area contributed by atoms with Crippen molar-refractivity contribution in [2.45, 2.75) is 0 Å². The normalized spacial score (nSPS) is 18.5. The Labute approximate surface area is 61.6 Å². The molecule has 0 spiro atoms. The average Bonchev–Trinajstić information content (AvgIpc) is 1.82. The molecule has 4 N–H and O–H groups in total. The van der Waals surface area contributed by atoms with Crippen LogP contribution in [0.25, 0.3) is 0 Å². The molecule has 0 fully saturated rings. The Balaban J connectivity index is 3.07. The van der Waals surface area contributed by atoms with Gasteiger partial charge in [0.25, 0.3) is 0 Å². The number of hydrogen-bond donors (Lipinski definition) is 3. The summed E-state index contributed by atoms with van der Waals surface area (Å²) in [5.74, 6) is -0.317. The largest absolute Gasteiger partial charge is 0.382 e. The quantitative estimate of drug-likeness (QED) is 0.422. The molecule has 0 aliphatic carbocycles. The molecule has 0 aromatic rings. The lowest BCUT2D eigenvalue weighted by Gasteiger charge is -2.04. The fourth-order valence-corrected chi connectivity index (χ4v) is 0.625. The second-order valence-electron chi connectivity index (χ2n) is 1.60. The van der Waals surface area contributed by atoms with Crippen LogP contribution in [0.5, 0.6) is 0 Å². The lowest BCUT2D eigenvalue weighted by molar-refractivity contribution is 1.41. The molecule has 1 heterocycles. The predicted octanol–water partition coefficient (Wildman–Crippen LogP) is -0.0510. The third kappa shape index (κ3) is 1.03. The number of nitrogens with two attached hydrogens (primary N) is 1. The van der Waals surface area contributed by atoms with E-state index in [9.17, 15) is 0 Å². The van der Waals surface area contributed by atoms with E-state index in [0.29, 0.717) is 0 Å². The van der Waals surface area contributed by atoms with E-state index >= 15 is 0 Å². The van der Waals surface area contributed by atoms with Gasteiger partial charge in [-0.1, -0.05) is 0 Å². The highest BCUT2D eigenvalue weighted by molar-refractivity contribution is 6.75. The van der Waals surface area contributed by atoms with E-state index in [2.05, 4.69) is 9.98 Å². The van der Waals surface area contributed by atoms with Crippen LogP contribution in [-0.2, 0) is 0 Å². The molecule has 0 saturated carbocycles. The van der Waals surface area contributed by atoms with E-state index in [4.69, 9.17) is 28.2 Å². The first-order valence-electron chi connectivity index (χ1n) is 2.37. The highest BCUT2D eigenvalue weighted by Crippen LogP contribution is 1.97. The molecule has 52 valence electrons. The van der Waals surface area contributed by atoms with Crippen molar-refractivity contribution in [3.05, 3.63) is 0 Å². The third-order valence-electron chi connectivity index (χ3n) is 0.910. The minimum Gasteiger partial charge on any atom is -0.382 e. The molecule has 0 aromatic heterocycles. The molecule has 0 atom stereocenters. The van der Waals surface area contributed by atoms with Gasteiger partial charge >= 0.3 is 0 Å². The topological polar surface area (TPSA) is 98.4 Å². The Morgan fingerprint density at radius 1 is 1.30 bits per heavy atom. The fourth-order valence-electron chi connectivity index (χ4n) is 0.450. The number of nitrogens with one attached hydrogen (secondary N) is 2. The van der Waals surface area contributed by atoms with E-state index < -0.39 is 0 Å². The summed E-state index contributed by atoms with van der Waals surface area (Å²) in [6.45, 7) is 0. The van der Waals surface area contributed by atoms with Crippen LogP contribution in [0.4, 0.5) is 0 Å². The Bertz CT molecular complexity index is 260. The maximum absolute atomic E-state index is 7.04. The van der Waals surface area contributed by atoms with Crippen LogP contribution in [0.2, 0.25) is 0 Å². The number of halogens is 1. The van der Waals surface area contributed by atoms with Crippen LogP contribution in [0, 0.1) is 10.8 Å². The number of amidine groups is 3. The first kappa shape index (κ1) is 6.88. The zero-order valence-electron chi connectivity index (χ0n) is 4.85. The Hall–Kier alpha value is -1.23. The van der Waals surface area contributed by atoms with Crippen LogP contribution in [0.15, 0.2) is 9.98 Å². The van der Waals surface area contributed by atoms with Gasteiger partial charge in [0.1, 0.15) is 5.71 Å². The molecule has 0 bridgehead atoms. The van der Waals surface area contributed by atoms with Crippen molar-refractivity contribution in [2.24, 2.45) is 15.7 Å². The van der Waals surface area contributed by atoms with E-state index in [1.165, 1.54) is 0 Å². The fraction of sp³-hybridized carbons (Fsp3) is 0. The Kier molecular flexibility index (Phi) is 1.50. The molecule has 1 aliphatic heterocycles. The zero-order chi connectivity index (χ0) is 7.72. The summed E-state index contributed by atoms with van der Waals surface area (Å²) in [6, 6.07) is 0. The van der Waals surface area contributed by atoms with Gasteiger partial charge in [0.15, 0.2) is 11.7 Å². The van der Waals surface area contributed by atoms with Gasteiger partial charge in [-0.2, -0.15) is 9.98 Å². The van der Waals surface area contributed by atoms with E-state index in [-0.39, 0.29) is 22.7 Å². The third-order valence-corrected chi connectivity index (χ3v) is 1.08. The Morgan fingerprint density at radius 3 is 2.40 bits per heavy atom. The molecule has 0 saturated heterocycles. The van der Waals surface area contributed by atoms with Gasteiger partial charge in [-0.15, -0.1) is 0 Å². The maximum Gasteiger partial charge on any atom is 0.226 e. The second-order valence-corrected chi connectivity index (χ2v) is 1.94. The minimum atomic E-state index is -0.252. The summed E-state index contributed by atoms with van der Waals surface area (Å²) < 4.78 is 0. The van der Waals surface area contributed by atoms with Gasteiger partial charge in [-0.25, -0.2) is 0 Å². The van der Waals surface area contributed by atoms with E-state index in [1.807, 2.05) is 0 Å². The predicted molar refractivity (Wildman–Crippen MR) is 40.4 cm³/mol. The number of nitrogens with zero attached hydrogens (tertiary/aromatic N) is 2. The van der Waals surface area contributed by atoms with Crippen molar-refractivity contribution in [1.29, 1.82) is 10.8 Å². The summed E-state index contributed by atoms with van der Waals surface area (Å²) in [4.78, 5) is 6.85. The van der Waals surface area contributed by atoms with Gasteiger partial charge in [-0.05, 0) is 11.6 Å². The van der Waals surface area contributed by atoms with E-state index in [0.717, 1.165) is 0 Å². The van der Waals surface area contributed by atoms with Crippen molar-refractivity contribution < 1.29 is 0 Å². The molecule has 1 rings (SSSR count). The first-order chi connectivity index (χ1) is 4.61. The molecular formula is C4H4ClN5. The smallest absolute Gasteiger partial charge is 0.226 e. The molecule has 6 heteroatoms. The molecule has 0 aromatic carbocycles. The summed E-state index contributed by atoms with van der Waals surface area (Å²) in [5, 5.41) is 13.9. The molecule has 0 unspecified atom stereocenters. The zero-order valence-corrected chi connectivity index (χ0v) is 5.61. The van der Waals surface area contributed by atoms with Crippen LogP contribution in [0.3, 0.4) is 0 Å². The summed E-state index contributed by atoms with van der Waals surface area (Å²) in [5.41, 5.74) is 4.99. The maximum atomic E-state index is 7.04. The van der Waals surface area contributed by atoms with Crippen LogP contribution in [0.1, 0.15) is 0 Å². The van der Waals surface area contributed by atoms with Crippen LogP contribution < -0.4 is 5.73 Å². The van der Waals surface area contributed by atoms with Gasteiger partial charge in [0.2, 0.25) is 5.29 Å². The molecular weight excluding hydrogens is 154 g/mol. The Morgan fingerprint density at radius 2 is 1.90 bits per heavy atom. The monoisotopic (exact) mass is 157 g/mol. The summed E-state index contributed by atoms with van der Waals surface area (Å²) >= 11 is 5.32. The van der Waals surface area contributed by atoms with Crippen molar-refractivity contribution in [3.63, 3.8) is 0 Å². The van der Waals surface area contributed by atoms with Crippen molar-refractivity contribution in [3.8, 4) is 0 Å². The van der Waals surface area contributed by atoms with Crippen LogP contribution >= 0.6 is 11.6 Å². The van der Waals surface area contributed by atoms with Gasteiger partial charge in [0.05, 0.1) is 0 Å². The van der Waals surface area contributed by atoms with Gasteiger partial charge in [0, 0.05) is 0 Å². The van der Waals surface area contributed by atoms with Gasteiger partial charge in [-0.3, -0.25) is 10.8 Å². The number of hydrogen-bond acceptors (Lipinski definition) is 4. The molecule has 5 nitrogen and oxygen atoms in total. The van der Waals surface area contributed by atoms with E-state index in [1.54, 1.807) is 0 Å². The second kappa shape index (κ2) is 2.18. The molecule has 1 aliphatic rings. The highest BCUT2D eigenvalue weighted by Gasteiger charge is 2.14. The minimum absolute atomic E-state index is 0.0648. The molecule has 10 heavy (non-hydrogen) atoms. The summed E-state index contributed by atoms with van der Waals surface area (Å²) in [6.07, 6.45) is 0. The van der Waals surface area contributed by atoms with Crippen molar-refractivity contribution in [1.82, 2.24) is 0 Å². The SMILES string of the molecule is N=C1N=C(Cl)N=C(N)C1=N. The van der Waals surface area contributed by atoms with Gasteiger partial charge < -0.3 is 5.73 Å². The molecule has 0 radical (unpaired) electrons. The summed E-state index contributed by atoms with van der Waals surface area (Å²) in [7, 11) is 0. The standard InChI is InChI=1S/C4H4ClN5/c5-4-9-2(7)1(6)3(8)10-4/h6H,(H3,7,8,9,10). The molecule has 0 amide bonds. The highest BCUT2D eigenvalue weighted by atomic mass is 35.5. The average molecular weight is 158 g/mol. The lowest BCUT2D eigenvalue weighted by atomic mass is 10.3. The van der Waals surface area contributed by atoms with Crippen LogP contribution in [-0.4, -0.2) is 22.7 Å². The number of aliphatic imine (C=N–C) groups is 2.